The van der Waals surface area contributed by atoms with Crippen LogP contribution in [0.3, 0.4) is 0 Å². The van der Waals surface area contributed by atoms with Crippen LogP contribution in [0.5, 0.6) is 0 Å². The first-order valence-corrected chi connectivity index (χ1v) is 12.3. The van der Waals surface area contributed by atoms with Gasteiger partial charge in [-0.15, -0.1) is 34.2 Å². The molecular formula is C23H41IN6O. The zero-order valence-corrected chi connectivity index (χ0v) is 21.7. The van der Waals surface area contributed by atoms with E-state index in [1.807, 2.05) is 7.05 Å². The molecule has 1 spiro atoms. The first kappa shape index (κ1) is 24.7. The first-order chi connectivity index (χ1) is 14.8. The molecule has 1 aliphatic heterocycles. The van der Waals surface area contributed by atoms with Crippen molar-refractivity contribution in [2.45, 2.75) is 103 Å². The molecule has 31 heavy (non-hydrogen) atoms. The van der Waals surface area contributed by atoms with Crippen molar-refractivity contribution in [2.24, 2.45) is 10.4 Å². The molecule has 0 bridgehead atoms. The summed E-state index contributed by atoms with van der Waals surface area (Å²) in [7, 11) is 1.87. The summed E-state index contributed by atoms with van der Waals surface area (Å²) in [5, 5.41) is 16.1. The highest BCUT2D eigenvalue weighted by Crippen LogP contribution is 2.53. The van der Waals surface area contributed by atoms with Gasteiger partial charge in [0.15, 0.2) is 5.96 Å². The van der Waals surface area contributed by atoms with Crippen LogP contribution < -0.4 is 10.6 Å². The third-order valence-electron chi connectivity index (χ3n) is 7.53. The van der Waals surface area contributed by atoms with E-state index in [4.69, 9.17) is 4.74 Å². The molecule has 176 valence electrons. The molecule has 2 heterocycles. The van der Waals surface area contributed by atoms with Gasteiger partial charge in [-0.2, -0.15) is 0 Å². The maximum absolute atomic E-state index is 6.10. The average molecular weight is 545 g/mol. The molecule has 7 nitrogen and oxygen atoms in total. The highest BCUT2D eigenvalue weighted by Gasteiger charge is 2.55. The van der Waals surface area contributed by atoms with Crippen molar-refractivity contribution in [1.82, 2.24) is 25.4 Å². The molecule has 4 rings (SSSR count). The minimum atomic E-state index is 0. The number of nitrogens with zero attached hydrogens (tertiary/aromatic N) is 4. The van der Waals surface area contributed by atoms with Gasteiger partial charge in [0.25, 0.3) is 0 Å². The summed E-state index contributed by atoms with van der Waals surface area (Å²) in [6.45, 7) is 4.92. The monoisotopic (exact) mass is 544 g/mol. The van der Waals surface area contributed by atoms with E-state index in [-0.39, 0.29) is 24.0 Å². The number of nitrogens with one attached hydrogen (secondary N) is 2. The molecule has 2 N–H and O–H groups in total. The lowest BCUT2D eigenvalue weighted by Gasteiger charge is -2.57. The van der Waals surface area contributed by atoms with Gasteiger partial charge >= 0.3 is 0 Å². The number of halogens is 1. The number of aromatic nitrogens is 3. The summed E-state index contributed by atoms with van der Waals surface area (Å²) in [6, 6.07) is 0.479. The van der Waals surface area contributed by atoms with E-state index in [2.05, 4.69) is 37.3 Å². The number of fused-ring (bicyclic) bond motifs is 1. The summed E-state index contributed by atoms with van der Waals surface area (Å²) >= 11 is 0. The highest BCUT2D eigenvalue weighted by molar-refractivity contribution is 14.0. The van der Waals surface area contributed by atoms with Crippen molar-refractivity contribution in [2.75, 3.05) is 20.2 Å². The fourth-order valence-corrected chi connectivity index (χ4v) is 5.81. The highest BCUT2D eigenvalue weighted by atomic mass is 127. The average Bonchev–Trinajstić information content (AvgIpc) is 3.00. The van der Waals surface area contributed by atoms with Crippen LogP contribution in [0, 0.1) is 5.41 Å². The lowest BCUT2D eigenvalue weighted by atomic mass is 9.55. The van der Waals surface area contributed by atoms with Gasteiger partial charge in [0.05, 0.1) is 6.10 Å². The van der Waals surface area contributed by atoms with Crippen LogP contribution >= 0.6 is 24.0 Å². The third kappa shape index (κ3) is 5.54. The molecule has 2 fully saturated rings. The Balaban J connectivity index is 0.00000272. The topological polar surface area (TPSA) is 76.4 Å². The molecule has 1 aromatic heterocycles. The summed E-state index contributed by atoms with van der Waals surface area (Å²) in [5.74, 6) is 3.26. The number of guanidine groups is 1. The van der Waals surface area contributed by atoms with E-state index < -0.39 is 0 Å². The van der Waals surface area contributed by atoms with E-state index in [0.717, 1.165) is 57.2 Å². The molecular weight excluding hydrogens is 503 g/mol. The van der Waals surface area contributed by atoms with Crippen LogP contribution in [0.4, 0.5) is 0 Å². The Morgan fingerprint density at radius 2 is 1.97 bits per heavy atom. The van der Waals surface area contributed by atoms with Crippen LogP contribution in [0.25, 0.3) is 0 Å². The maximum Gasteiger partial charge on any atom is 0.191 e. The molecule has 2 saturated carbocycles. The quantitative estimate of drug-likeness (QED) is 0.236. The van der Waals surface area contributed by atoms with E-state index in [1.165, 1.54) is 57.2 Å². The number of ether oxygens (including phenoxy) is 1. The van der Waals surface area contributed by atoms with E-state index in [9.17, 15) is 0 Å². The smallest absolute Gasteiger partial charge is 0.191 e. The van der Waals surface area contributed by atoms with Gasteiger partial charge in [-0.25, -0.2) is 0 Å². The SMILES string of the molecule is CCOC1CC(NC(=NC)NCCCc2nnc3n2CCCCC3)C12CCCCC2.I. The minimum absolute atomic E-state index is 0. The number of aliphatic imine (C=N–C) groups is 1. The predicted octanol–water partition coefficient (Wildman–Crippen LogP) is 3.85. The fraction of sp³-hybridized carbons (Fsp3) is 0.870. The van der Waals surface area contributed by atoms with Crippen molar-refractivity contribution >= 4 is 29.9 Å². The summed E-state index contributed by atoms with van der Waals surface area (Å²) in [5.41, 5.74) is 0.310. The molecule has 8 heteroatoms. The Hall–Kier alpha value is -0.900. The van der Waals surface area contributed by atoms with Gasteiger partial charge in [-0.1, -0.05) is 25.7 Å². The van der Waals surface area contributed by atoms with Gasteiger partial charge in [0.1, 0.15) is 11.6 Å². The molecule has 2 unspecified atom stereocenters. The van der Waals surface area contributed by atoms with Crippen LogP contribution in [0.2, 0.25) is 0 Å². The summed E-state index contributed by atoms with van der Waals surface area (Å²) in [4.78, 5) is 4.50. The second kappa shape index (κ2) is 11.8. The van der Waals surface area contributed by atoms with Gasteiger partial charge < -0.3 is 19.9 Å². The summed E-state index contributed by atoms with van der Waals surface area (Å²) < 4.78 is 8.45. The van der Waals surface area contributed by atoms with Gasteiger partial charge in [0.2, 0.25) is 0 Å². The van der Waals surface area contributed by atoms with Crippen LogP contribution in [0.15, 0.2) is 4.99 Å². The van der Waals surface area contributed by atoms with E-state index in [0.29, 0.717) is 17.6 Å². The van der Waals surface area contributed by atoms with Crippen LogP contribution in [0.1, 0.15) is 82.8 Å². The standard InChI is InChI=1S/C23H40N6O.HI/c1-3-30-19-17-18(23(19)13-7-5-8-14-23)26-22(24-2)25-15-10-12-21-28-27-20-11-6-4-9-16-29(20)21;/h18-19H,3-17H2,1-2H3,(H2,24,25,26);1H. The summed E-state index contributed by atoms with van der Waals surface area (Å²) in [6.07, 6.45) is 15.0. The van der Waals surface area contributed by atoms with Crippen molar-refractivity contribution in [3.05, 3.63) is 11.6 Å². The van der Waals surface area contributed by atoms with E-state index >= 15 is 0 Å². The minimum Gasteiger partial charge on any atom is -0.378 e. The Morgan fingerprint density at radius 3 is 2.74 bits per heavy atom. The van der Waals surface area contributed by atoms with Crippen molar-refractivity contribution in [3.8, 4) is 0 Å². The zero-order valence-electron chi connectivity index (χ0n) is 19.4. The Labute approximate surface area is 204 Å². The van der Waals surface area contributed by atoms with Crippen LogP contribution in [-0.4, -0.2) is 53.1 Å². The van der Waals surface area contributed by atoms with Gasteiger partial charge in [-0.3, -0.25) is 4.99 Å². The third-order valence-corrected chi connectivity index (χ3v) is 7.53. The zero-order chi connectivity index (χ0) is 20.8. The normalized spacial score (nSPS) is 25.2. The molecule has 0 radical (unpaired) electrons. The maximum atomic E-state index is 6.10. The van der Waals surface area contributed by atoms with Gasteiger partial charge in [-0.05, 0) is 45.4 Å². The second-order valence-corrected chi connectivity index (χ2v) is 9.27. The number of hydrogen-bond acceptors (Lipinski definition) is 4. The lowest BCUT2D eigenvalue weighted by molar-refractivity contribution is -0.145. The molecule has 0 amide bonds. The Bertz CT molecular complexity index is 715. The Morgan fingerprint density at radius 1 is 1.16 bits per heavy atom. The fourth-order valence-electron chi connectivity index (χ4n) is 5.81. The lowest BCUT2D eigenvalue weighted by Crippen LogP contribution is -2.66. The molecule has 3 aliphatic rings. The Kier molecular flexibility index (Phi) is 9.43. The van der Waals surface area contributed by atoms with Crippen molar-refractivity contribution < 1.29 is 4.74 Å². The predicted molar refractivity (Wildman–Crippen MR) is 135 cm³/mol. The van der Waals surface area contributed by atoms with E-state index in [1.54, 1.807) is 0 Å². The van der Waals surface area contributed by atoms with Crippen molar-refractivity contribution in [1.29, 1.82) is 0 Å². The largest absolute Gasteiger partial charge is 0.378 e. The molecule has 1 aromatic rings. The number of rotatable bonds is 7. The number of hydrogen-bond donors (Lipinski definition) is 2. The first-order valence-electron chi connectivity index (χ1n) is 12.3. The molecule has 2 aliphatic carbocycles. The van der Waals surface area contributed by atoms with Crippen LogP contribution in [-0.2, 0) is 24.1 Å². The molecule has 0 aromatic carbocycles. The van der Waals surface area contributed by atoms with Gasteiger partial charge in [0, 0.05) is 51.0 Å². The number of aryl methyl sites for hydroxylation is 2. The molecule has 2 atom stereocenters. The van der Waals surface area contributed by atoms with Crippen molar-refractivity contribution in [3.63, 3.8) is 0 Å². The second-order valence-electron chi connectivity index (χ2n) is 9.27. The molecule has 0 saturated heterocycles.